The van der Waals surface area contributed by atoms with Gasteiger partial charge in [-0.2, -0.15) is 20.2 Å². The maximum Gasteiger partial charge on any atom is 0.368 e. The van der Waals surface area contributed by atoms with Crippen LogP contribution in [0.15, 0.2) is 89.4 Å². The highest BCUT2D eigenvalue weighted by molar-refractivity contribution is 5.77. The number of carbonyl (C=O) groups is 1. The van der Waals surface area contributed by atoms with Crippen molar-refractivity contribution < 1.29 is 4.79 Å². The van der Waals surface area contributed by atoms with E-state index in [0.717, 1.165) is 11.0 Å². The molecular formula is C18H14N6O. The number of rotatable bonds is 0. The average molecular weight is 330 g/mol. The molecule has 0 saturated carbocycles. The molecule has 1 aliphatic rings. The van der Waals surface area contributed by atoms with E-state index in [0.29, 0.717) is 10.7 Å². The van der Waals surface area contributed by atoms with E-state index < -0.39 is 6.03 Å². The van der Waals surface area contributed by atoms with Crippen LogP contribution >= 0.6 is 0 Å². The SMILES string of the molecule is O=C1N=c2ccccc2=N1.c1ccc2[nH]cnc2c1.c1ccnnc1. The molecule has 0 aliphatic carbocycles. The van der Waals surface area contributed by atoms with Crippen LogP contribution in [0.4, 0.5) is 4.79 Å². The number of hydrogen-bond donors (Lipinski definition) is 1. The van der Waals surface area contributed by atoms with Gasteiger partial charge in [0.1, 0.15) is 0 Å². The second-order valence-corrected chi connectivity index (χ2v) is 4.83. The number of amides is 2. The van der Waals surface area contributed by atoms with Crippen molar-refractivity contribution in [2.24, 2.45) is 9.98 Å². The van der Waals surface area contributed by atoms with E-state index in [4.69, 9.17) is 0 Å². The summed E-state index contributed by atoms with van der Waals surface area (Å²) in [6, 6.07) is 18.4. The van der Waals surface area contributed by atoms with Crippen molar-refractivity contribution in [3.63, 3.8) is 0 Å². The molecule has 0 fully saturated rings. The van der Waals surface area contributed by atoms with Crippen molar-refractivity contribution in [2.75, 3.05) is 0 Å². The third-order valence-electron chi connectivity index (χ3n) is 3.12. The minimum absolute atomic E-state index is 0.402. The summed E-state index contributed by atoms with van der Waals surface area (Å²) >= 11 is 0. The van der Waals surface area contributed by atoms with Crippen LogP contribution in [0.1, 0.15) is 0 Å². The third kappa shape index (κ3) is 4.61. The minimum Gasteiger partial charge on any atom is -0.345 e. The van der Waals surface area contributed by atoms with Crippen LogP contribution in [-0.4, -0.2) is 26.2 Å². The maximum atomic E-state index is 10.6. The van der Waals surface area contributed by atoms with E-state index in [2.05, 4.69) is 30.2 Å². The van der Waals surface area contributed by atoms with Crippen molar-refractivity contribution in [2.45, 2.75) is 0 Å². The Morgan fingerprint density at radius 2 is 1.32 bits per heavy atom. The molecule has 1 aliphatic heterocycles. The van der Waals surface area contributed by atoms with E-state index in [9.17, 15) is 4.79 Å². The van der Waals surface area contributed by atoms with E-state index in [1.165, 1.54) is 0 Å². The number of urea groups is 1. The number of benzene rings is 2. The van der Waals surface area contributed by atoms with Gasteiger partial charge in [-0.05, 0) is 36.4 Å². The topological polar surface area (TPSA) is 96.2 Å². The Morgan fingerprint density at radius 3 is 1.88 bits per heavy atom. The normalized spacial score (nSPS) is 11.1. The smallest absolute Gasteiger partial charge is 0.345 e. The molecule has 5 rings (SSSR count). The second-order valence-electron chi connectivity index (χ2n) is 4.83. The van der Waals surface area contributed by atoms with Gasteiger partial charge in [-0.3, -0.25) is 0 Å². The Labute approximate surface area is 142 Å². The molecule has 0 bridgehead atoms. The lowest BCUT2D eigenvalue weighted by atomic mass is 10.3. The van der Waals surface area contributed by atoms with Gasteiger partial charge in [0.2, 0.25) is 0 Å². The third-order valence-corrected chi connectivity index (χ3v) is 3.12. The van der Waals surface area contributed by atoms with Crippen LogP contribution in [-0.2, 0) is 0 Å². The van der Waals surface area contributed by atoms with E-state index in [1.54, 1.807) is 30.9 Å². The van der Waals surface area contributed by atoms with Crippen LogP contribution in [0.25, 0.3) is 11.0 Å². The molecule has 0 spiro atoms. The van der Waals surface area contributed by atoms with Crippen LogP contribution < -0.4 is 10.7 Å². The molecule has 4 aromatic rings. The van der Waals surface area contributed by atoms with Crippen LogP contribution in [0.5, 0.6) is 0 Å². The fraction of sp³-hybridized carbons (Fsp3) is 0. The lowest BCUT2D eigenvalue weighted by Crippen LogP contribution is -2.19. The van der Waals surface area contributed by atoms with Gasteiger partial charge in [0.15, 0.2) is 0 Å². The van der Waals surface area contributed by atoms with Crippen molar-refractivity contribution in [3.05, 3.63) is 90.1 Å². The fourth-order valence-corrected chi connectivity index (χ4v) is 2.02. The highest BCUT2D eigenvalue weighted by Gasteiger charge is 2.01. The summed E-state index contributed by atoms with van der Waals surface area (Å²) in [5.41, 5.74) is 2.12. The van der Waals surface area contributed by atoms with Gasteiger partial charge in [-0.1, -0.05) is 24.3 Å². The highest BCUT2D eigenvalue weighted by atomic mass is 16.2. The number of fused-ring (bicyclic) bond motifs is 2. The lowest BCUT2D eigenvalue weighted by molar-refractivity contribution is 0.256. The summed E-state index contributed by atoms with van der Waals surface area (Å²) in [7, 11) is 0. The van der Waals surface area contributed by atoms with Crippen LogP contribution in [0, 0.1) is 0 Å². The molecule has 25 heavy (non-hydrogen) atoms. The van der Waals surface area contributed by atoms with E-state index >= 15 is 0 Å². The first-order valence-corrected chi connectivity index (χ1v) is 7.49. The summed E-state index contributed by atoms with van der Waals surface area (Å²) < 4.78 is 0. The summed E-state index contributed by atoms with van der Waals surface area (Å²) in [5, 5.41) is 8.42. The largest absolute Gasteiger partial charge is 0.368 e. The van der Waals surface area contributed by atoms with E-state index in [-0.39, 0.29) is 0 Å². The number of nitrogens with zero attached hydrogens (tertiary/aromatic N) is 5. The molecule has 2 aromatic heterocycles. The summed E-state index contributed by atoms with van der Waals surface area (Å²) in [4.78, 5) is 24.9. The van der Waals surface area contributed by atoms with Gasteiger partial charge >= 0.3 is 6.03 Å². The van der Waals surface area contributed by atoms with E-state index in [1.807, 2.05) is 48.5 Å². The molecular weight excluding hydrogens is 316 g/mol. The number of aromatic nitrogens is 4. The predicted octanol–water partition coefficient (Wildman–Crippen LogP) is 2.10. The number of nitrogens with one attached hydrogen (secondary N) is 1. The second kappa shape index (κ2) is 8.21. The minimum atomic E-state index is -0.402. The standard InChI is InChI=1S/C7H4N2O.C7H6N2.C4H4N2/c10-7-8-5-3-1-2-4-6(5)9-7;1-2-4-7-6(3-1)8-5-9-7;1-2-4-6-5-3-1/h1-4H;1-5H,(H,8,9);1-4H. The number of para-hydroxylation sites is 4. The van der Waals surface area contributed by atoms with Gasteiger partial charge in [-0.25, -0.2) is 9.78 Å². The number of aromatic amines is 1. The predicted molar refractivity (Wildman–Crippen MR) is 92.3 cm³/mol. The van der Waals surface area contributed by atoms with Gasteiger partial charge < -0.3 is 4.98 Å². The molecule has 2 aromatic carbocycles. The first-order chi connectivity index (χ1) is 12.3. The summed E-state index contributed by atoms with van der Waals surface area (Å²) in [6.07, 6.45) is 4.98. The van der Waals surface area contributed by atoms with Gasteiger partial charge in [-0.15, -0.1) is 0 Å². The van der Waals surface area contributed by atoms with Gasteiger partial charge in [0.05, 0.1) is 28.1 Å². The van der Waals surface area contributed by atoms with Crippen LogP contribution in [0.2, 0.25) is 0 Å². The lowest BCUT2D eigenvalue weighted by Gasteiger charge is -1.81. The summed E-state index contributed by atoms with van der Waals surface area (Å²) in [5.74, 6) is 0. The Hall–Kier alpha value is -3.74. The zero-order valence-electron chi connectivity index (χ0n) is 13.1. The molecule has 0 radical (unpaired) electrons. The number of hydrogen-bond acceptors (Lipinski definition) is 4. The molecule has 122 valence electrons. The Bertz CT molecular complexity index is 981. The quantitative estimate of drug-likeness (QED) is 0.534. The molecule has 1 N–H and O–H groups in total. The van der Waals surface area contributed by atoms with Crippen LogP contribution in [0.3, 0.4) is 0 Å². The monoisotopic (exact) mass is 330 g/mol. The maximum absolute atomic E-state index is 10.6. The molecule has 0 atom stereocenters. The first-order valence-electron chi connectivity index (χ1n) is 7.49. The molecule has 0 unspecified atom stereocenters. The Balaban J connectivity index is 0.000000113. The first kappa shape index (κ1) is 16.1. The highest BCUT2D eigenvalue weighted by Crippen LogP contribution is 2.05. The Morgan fingerprint density at radius 1 is 0.720 bits per heavy atom. The fourth-order valence-electron chi connectivity index (χ4n) is 2.02. The Kier molecular flexibility index (Phi) is 5.30. The molecule has 2 amide bonds. The zero-order valence-corrected chi connectivity index (χ0v) is 13.1. The molecule has 3 heterocycles. The van der Waals surface area contributed by atoms with Crippen molar-refractivity contribution in [1.82, 2.24) is 20.2 Å². The van der Waals surface area contributed by atoms with Crippen molar-refractivity contribution in [3.8, 4) is 0 Å². The number of imidazole rings is 1. The zero-order chi connectivity index (χ0) is 17.3. The number of carbonyl (C=O) groups excluding carboxylic acids is 1. The molecule has 0 saturated heterocycles. The summed E-state index contributed by atoms with van der Waals surface area (Å²) in [6.45, 7) is 0. The molecule has 7 nitrogen and oxygen atoms in total. The van der Waals surface area contributed by atoms with Crippen molar-refractivity contribution in [1.29, 1.82) is 0 Å². The van der Waals surface area contributed by atoms with Crippen molar-refractivity contribution >= 4 is 17.1 Å². The average Bonchev–Trinajstić information content (AvgIpc) is 3.29. The van der Waals surface area contributed by atoms with Gasteiger partial charge in [0.25, 0.3) is 0 Å². The van der Waals surface area contributed by atoms with Gasteiger partial charge in [0, 0.05) is 12.4 Å². The molecule has 7 heteroatoms. The number of H-pyrrole nitrogens is 1.